The molecular weight excluding hydrogens is 475 g/mol. The lowest BCUT2D eigenvalue weighted by Crippen LogP contribution is -2.40. The van der Waals surface area contributed by atoms with Gasteiger partial charge >= 0.3 is 0 Å². The number of carbonyl (C=O) groups is 1. The Balaban J connectivity index is 1.56. The molecule has 0 aliphatic carbocycles. The molecule has 2 aromatic carbocycles. The average Bonchev–Trinajstić information content (AvgIpc) is 3.23. The third-order valence-electron chi connectivity index (χ3n) is 6.23. The minimum absolute atomic E-state index is 0.0492. The van der Waals surface area contributed by atoms with Crippen molar-refractivity contribution in [2.75, 3.05) is 23.3 Å². The fraction of sp³-hybridized carbons (Fsp3) is 0.250. The molecule has 36 heavy (non-hydrogen) atoms. The number of rotatable bonds is 4. The van der Waals surface area contributed by atoms with Gasteiger partial charge in [-0.05, 0) is 31.0 Å². The third-order valence-corrected chi connectivity index (χ3v) is 6.23. The Morgan fingerprint density at radius 2 is 1.75 bits per heavy atom. The quantitative estimate of drug-likeness (QED) is 0.449. The number of benzene rings is 2. The van der Waals surface area contributed by atoms with Gasteiger partial charge in [0.15, 0.2) is 17.5 Å². The van der Waals surface area contributed by atoms with E-state index in [4.69, 9.17) is 5.73 Å². The Hall–Kier alpha value is -4.19. The van der Waals surface area contributed by atoms with Crippen molar-refractivity contribution in [3.63, 3.8) is 0 Å². The molecule has 0 saturated carbocycles. The van der Waals surface area contributed by atoms with E-state index in [0.717, 1.165) is 30.3 Å². The van der Waals surface area contributed by atoms with Crippen LogP contribution in [-0.4, -0.2) is 44.6 Å². The molecule has 12 heteroatoms. The smallest absolute Gasteiger partial charge is 0.276 e. The molecule has 3 heterocycles. The van der Waals surface area contributed by atoms with Crippen LogP contribution in [0.5, 0.6) is 0 Å². The van der Waals surface area contributed by atoms with Crippen LogP contribution in [0.1, 0.15) is 23.3 Å². The number of halogens is 3. The lowest BCUT2D eigenvalue weighted by molar-refractivity contribution is 0.102. The number of anilines is 2. The first-order valence-corrected chi connectivity index (χ1v) is 11.3. The van der Waals surface area contributed by atoms with Gasteiger partial charge in [-0.2, -0.15) is 14.9 Å². The molecule has 1 fully saturated rings. The van der Waals surface area contributed by atoms with Crippen LogP contribution in [-0.2, 0) is 7.05 Å². The number of hydrogen-bond acceptors (Lipinski definition) is 6. The molecule has 3 N–H and O–H groups in total. The maximum absolute atomic E-state index is 15.0. The first kappa shape index (κ1) is 23.5. The van der Waals surface area contributed by atoms with Gasteiger partial charge in [0.1, 0.15) is 16.9 Å². The van der Waals surface area contributed by atoms with Gasteiger partial charge in [0, 0.05) is 43.7 Å². The van der Waals surface area contributed by atoms with Gasteiger partial charge in [0.2, 0.25) is 0 Å². The fourth-order valence-corrected chi connectivity index (χ4v) is 4.43. The molecule has 0 unspecified atom stereocenters. The summed E-state index contributed by atoms with van der Waals surface area (Å²) in [4.78, 5) is 27.5. The van der Waals surface area contributed by atoms with E-state index in [1.807, 2.05) is 4.90 Å². The van der Waals surface area contributed by atoms with Crippen molar-refractivity contribution in [3.8, 4) is 5.69 Å². The molecule has 0 atom stereocenters. The van der Waals surface area contributed by atoms with Crippen molar-refractivity contribution < 1.29 is 18.0 Å². The molecule has 4 aromatic rings. The molecule has 5 rings (SSSR count). The van der Waals surface area contributed by atoms with Crippen molar-refractivity contribution >= 4 is 28.2 Å². The zero-order chi connectivity index (χ0) is 25.6. The lowest BCUT2D eigenvalue weighted by atomic mass is 10.0. The summed E-state index contributed by atoms with van der Waals surface area (Å²) in [7, 11) is 1.62. The number of fused-ring (bicyclic) bond motifs is 1. The fourth-order valence-electron chi connectivity index (χ4n) is 4.43. The predicted molar refractivity (Wildman–Crippen MR) is 128 cm³/mol. The van der Waals surface area contributed by atoms with Crippen LogP contribution in [0, 0.1) is 17.5 Å². The monoisotopic (exact) mass is 497 g/mol. The van der Waals surface area contributed by atoms with E-state index in [2.05, 4.69) is 15.5 Å². The molecule has 0 radical (unpaired) electrons. The summed E-state index contributed by atoms with van der Waals surface area (Å²) in [6.07, 6.45) is 2.96. The van der Waals surface area contributed by atoms with E-state index in [1.54, 1.807) is 7.05 Å². The molecule has 1 aliphatic rings. The van der Waals surface area contributed by atoms with Crippen LogP contribution >= 0.6 is 0 Å². The van der Waals surface area contributed by atoms with Gasteiger partial charge < -0.3 is 16.0 Å². The molecule has 186 valence electrons. The Morgan fingerprint density at radius 3 is 2.44 bits per heavy atom. The Morgan fingerprint density at radius 1 is 1.06 bits per heavy atom. The van der Waals surface area contributed by atoms with Gasteiger partial charge in [-0.15, -0.1) is 0 Å². The van der Waals surface area contributed by atoms with Crippen LogP contribution in [0.15, 0.2) is 47.4 Å². The molecule has 0 bridgehead atoms. The first-order chi connectivity index (χ1) is 17.2. The van der Waals surface area contributed by atoms with E-state index >= 15 is 4.39 Å². The molecule has 1 amide bonds. The number of carbonyl (C=O) groups excluding carboxylic acids is 1. The minimum atomic E-state index is -1.02. The highest BCUT2D eigenvalue weighted by atomic mass is 19.1. The van der Waals surface area contributed by atoms with Crippen LogP contribution in [0.3, 0.4) is 0 Å². The number of nitrogens with zero attached hydrogens (tertiary/aromatic N) is 5. The molecule has 1 saturated heterocycles. The van der Waals surface area contributed by atoms with Crippen molar-refractivity contribution in [2.24, 2.45) is 12.8 Å². The second kappa shape index (κ2) is 9.11. The number of aromatic nitrogens is 4. The summed E-state index contributed by atoms with van der Waals surface area (Å²) in [6, 6.07) is 6.45. The largest absolute Gasteiger partial charge is 0.369 e. The highest BCUT2D eigenvalue weighted by Crippen LogP contribution is 2.38. The summed E-state index contributed by atoms with van der Waals surface area (Å²) in [5.74, 6) is -3.42. The summed E-state index contributed by atoms with van der Waals surface area (Å²) >= 11 is 0. The maximum atomic E-state index is 15.0. The van der Waals surface area contributed by atoms with Crippen LogP contribution in [0.2, 0.25) is 0 Å². The highest BCUT2D eigenvalue weighted by Gasteiger charge is 2.25. The number of hydrogen-bond donors (Lipinski definition) is 2. The van der Waals surface area contributed by atoms with Crippen LogP contribution < -0.4 is 21.5 Å². The minimum Gasteiger partial charge on any atom is -0.369 e. The summed E-state index contributed by atoms with van der Waals surface area (Å²) < 4.78 is 45.5. The third kappa shape index (κ3) is 4.09. The Kier molecular flexibility index (Phi) is 5.96. The van der Waals surface area contributed by atoms with Crippen LogP contribution in [0.25, 0.3) is 16.6 Å². The second-order valence-corrected chi connectivity index (χ2v) is 8.60. The SMILES string of the molecule is Cn1ncc2c(N3CCC(N)CC3)c(NC(=O)c3ccc(=O)n(-c4c(F)cccc4F)n3)cc(F)c21. The van der Waals surface area contributed by atoms with Crippen LogP contribution in [0.4, 0.5) is 24.5 Å². The molecule has 2 aromatic heterocycles. The van der Waals surface area contributed by atoms with Gasteiger partial charge in [0.05, 0.1) is 17.6 Å². The van der Waals surface area contributed by atoms with Gasteiger partial charge in [-0.1, -0.05) is 6.07 Å². The topological polar surface area (TPSA) is 111 Å². The number of aryl methyl sites for hydroxylation is 1. The number of nitrogens with two attached hydrogens (primary N) is 1. The normalized spacial score (nSPS) is 14.4. The van der Waals surface area contributed by atoms with Crippen molar-refractivity contribution in [1.29, 1.82) is 0 Å². The number of amides is 1. The average molecular weight is 497 g/mol. The zero-order valence-electron chi connectivity index (χ0n) is 19.2. The van der Waals surface area contributed by atoms with Crippen molar-refractivity contribution in [3.05, 3.63) is 76.1 Å². The van der Waals surface area contributed by atoms with E-state index in [-0.39, 0.29) is 22.9 Å². The molecule has 0 spiro atoms. The maximum Gasteiger partial charge on any atom is 0.276 e. The number of piperidine rings is 1. The summed E-state index contributed by atoms with van der Waals surface area (Å²) in [5.41, 5.74) is 5.24. The standard InChI is InChI=1S/C24H22F3N7O2/c1-32-21-14(12-29-32)22(33-9-7-13(28)8-10-33)19(11-17(21)27)30-24(36)18-5-6-20(35)34(31-18)23-15(25)3-2-4-16(23)26/h2-6,11-13H,7-10,28H2,1H3,(H,30,36). The number of para-hydroxylation sites is 1. The summed E-state index contributed by atoms with van der Waals surface area (Å²) in [6.45, 7) is 1.19. The summed E-state index contributed by atoms with van der Waals surface area (Å²) in [5, 5.41) is 11.2. The van der Waals surface area contributed by atoms with E-state index in [1.165, 1.54) is 16.9 Å². The van der Waals surface area contributed by atoms with E-state index < -0.39 is 34.6 Å². The molecule has 1 aliphatic heterocycles. The Bertz CT molecular complexity index is 1520. The molecular formula is C24H22F3N7O2. The first-order valence-electron chi connectivity index (χ1n) is 11.3. The van der Waals surface area contributed by atoms with Gasteiger partial charge in [-0.25, -0.2) is 13.2 Å². The predicted octanol–water partition coefficient (Wildman–Crippen LogP) is 2.72. The van der Waals surface area contributed by atoms with Crippen molar-refractivity contribution in [2.45, 2.75) is 18.9 Å². The molecule has 9 nitrogen and oxygen atoms in total. The Labute approximate surface area is 202 Å². The van der Waals surface area contributed by atoms with Gasteiger partial charge in [0.25, 0.3) is 11.5 Å². The zero-order valence-corrected chi connectivity index (χ0v) is 19.2. The van der Waals surface area contributed by atoms with Gasteiger partial charge in [-0.3, -0.25) is 14.3 Å². The highest BCUT2D eigenvalue weighted by molar-refractivity contribution is 6.09. The van der Waals surface area contributed by atoms with Crippen molar-refractivity contribution in [1.82, 2.24) is 19.6 Å². The lowest BCUT2D eigenvalue weighted by Gasteiger charge is -2.33. The van der Waals surface area contributed by atoms with E-state index in [9.17, 15) is 18.4 Å². The number of nitrogens with one attached hydrogen (secondary N) is 1. The second-order valence-electron chi connectivity index (χ2n) is 8.60. The van der Waals surface area contributed by atoms with E-state index in [0.29, 0.717) is 41.7 Å².